The van der Waals surface area contributed by atoms with Gasteiger partial charge in [-0.15, -0.1) is 0 Å². The number of aliphatic hydroxyl groups is 1. The normalized spacial score (nSPS) is 12.0. The molecule has 0 spiro atoms. The van der Waals surface area contributed by atoms with Crippen LogP contribution in [0.25, 0.3) is 0 Å². The fraction of sp³-hybridized carbons (Fsp3) is 0.200. The van der Waals surface area contributed by atoms with Crippen molar-refractivity contribution in [3.05, 3.63) is 47.3 Å². The number of pyridine rings is 1. The van der Waals surface area contributed by atoms with Gasteiger partial charge in [0.15, 0.2) is 11.5 Å². The van der Waals surface area contributed by atoms with Gasteiger partial charge in [-0.05, 0) is 12.1 Å². The lowest BCUT2D eigenvalue weighted by atomic mass is 10.2. The molecule has 0 bridgehead atoms. The highest BCUT2D eigenvalue weighted by Gasteiger charge is 2.18. The Kier molecular flexibility index (Phi) is 3.58. The van der Waals surface area contributed by atoms with Crippen LogP contribution in [0.5, 0.6) is 17.2 Å². The van der Waals surface area contributed by atoms with Crippen molar-refractivity contribution in [2.75, 3.05) is 6.79 Å². The zero-order chi connectivity index (χ0) is 14.7. The molecule has 1 aromatic carbocycles. The first-order valence-corrected chi connectivity index (χ1v) is 6.32. The van der Waals surface area contributed by atoms with Gasteiger partial charge in [0.25, 0.3) is 0 Å². The molecule has 2 heterocycles. The highest BCUT2D eigenvalue weighted by Crippen LogP contribution is 2.38. The minimum Gasteiger partial charge on any atom is -0.488 e. The summed E-state index contributed by atoms with van der Waals surface area (Å²) < 4.78 is 16.2. The van der Waals surface area contributed by atoms with Crippen molar-refractivity contribution < 1.29 is 19.3 Å². The van der Waals surface area contributed by atoms with Crippen LogP contribution in [0.4, 0.5) is 0 Å². The number of ether oxygens (including phenoxy) is 3. The number of hydrogen-bond donors (Lipinski definition) is 1. The van der Waals surface area contributed by atoms with Crippen molar-refractivity contribution in [2.45, 2.75) is 13.2 Å². The van der Waals surface area contributed by atoms with E-state index in [4.69, 9.17) is 19.5 Å². The summed E-state index contributed by atoms with van der Waals surface area (Å²) in [7, 11) is 0. The van der Waals surface area contributed by atoms with Gasteiger partial charge in [0, 0.05) is 23.4 Å². The van der Waals surface area contributed by atoms with E-state index in [2.05, 4.69) is 4.98 Å². The van der Waals surface area contributed by atoms with E-state index >= 15 is 0 Å². The first kappa shape index (κ1) is 13.2. The molecule has 2 aromatic rings. The second-order valence-corrected chi connectivity index (χ2v) is 4.38. The van der Waals surface area contributed by atoms with E-state index in [-0.39, 0.29) is 20.0 Å². The zero-order valence-corrected chi connectivity index (χ0v) is 11.1. The molecule has 6 nitrogen and oxygen atoms in total. The van der Waals surface area contributed by atoms with Crippen LogP contribution in [0.3, 0.4) is 0 Å². The van der Waals surface area contributed by atoms with E-state index in [9.17, 15) is 5.11 Å². The van der Waals surface area contributed by atoms with Gasteiger partial charge in [0.1, 0.15) is 24.1 Å². The maximum absolute atomic E-state index is 9.41. The van der Waals surface area contributed by atoms with Gasteiger partial charge < -0.3 is 19.3 Å². The van der Waals surface area contributed by atoms with Crippen LogP contribution in [0.2, 0.25) is 0 Å². The molecule has 0 radical (unpaired) electrons. The first-order chi connectivity index (χ1) is 10.3. The number of rotatable bonds is 4. The molecule has 0 saturated carbocycles. The van der Waals surface area contributed by atoms with Crippen molar-refractivity contribution in [1.29, 1.82) is 5.26 Å². The van der Waals surface area contributed by atoms with Crippen LogP contribution in [0.15, 0.2) is 30.5 Å². The van der Waals surface area contributed by atoms with Crippen molar-refractivity contribution in [1.82, 2.24) is 4.98 Å². The van der Waals surface area contributed by atoms with Gasteiger partial charge >= 0.3 is 0 Å². The zero-order valence-electron chi connectivity index (χ0n) is 11.1. The smallest absolute Gasteiger partial charge is 0.231 e. The topological polar surface area (TPSA) is 84.6 Å². The molecular formula is C15H12N2O4. The lowest BCUT2D eigenvalue weighted by Crippen LogP contribution is -2.02. The SMILES string of the molecule is N#Cc1ncccc1COc1cc2c(cc1CO)OCO2. The van der Waals surface area contributed by atoms with Crippen molar-refractivity contribution >= 4 is 0 Å². The number of fused-ring (bicyclic) bond motifs is 1. The Morgan fingerprint density at radius 3 is 2.86 bits per heavy atom. The fourth-order valence-corrected chi connectivity index (χ4v) is 2.03. The standard InChI is InChI=1S/C15H12N2O4/c16-6-12-10(2-1-3-17-12)8-19-13-5-15-14(20-9-21-15)4-11(13)7-18/h1-5,18H,7-9H2. The van der Waals surface area contributed by atoms with Gasteiger partial charge in [-0.25, -0.2) is 4.98 Å². The Morgan fingerprint density at radius 2 is 2.10 bits per heavy atom. The summed E-state index contributed by atoms with van der Waals surface area (Å²) >= 11 is 0. The van der Waals surface area contributed by atoms with E-state index in [0.717, 1.165) is 0 Å². The highest BCUT2D eigenvalue weighted by atomic mass is 16.7. The number of nitrogens with zero attached hydrogens (tertiary/aromatic N) is 2. The third kappa shape index (κ3) is 2.59. The van der Waals surface area contributed by atoms with Crippen LogP contribution in [-0.4, -0.2) is 16.9 Å². The summed E-state index contributed by atoms with van der Waals surface area (Å²) in [4.78, 5) is 3.97. The summed E-state index contributed by atoms with van der Waals surface area (Å²) in [5.74, 6) is 1.66. The van der Waals surface area contributed by atoms with Crippen LogP contribution in [0, 0.1) is 11.3 Å². The van der Waals surface area contributed by atoms with Crippen LogP contribution >= 0.6 is 0 Å². The molecule has 1 aromatic heterocycles. The quantitative estimate of drug-likeness (QED) is 0.920. The Morgan fingerprint density at radius 1 is 1.29 bits per heavy atom. The molecule has 106 valence electrons. The van der Waals surface area contributed by atoms with E-state index in [0.29, 0.717) is 34.1 Å². The van der Waals surface area contributed by atoms with E-state index in [1.807, 2.05) is 6.07 Å². The molecule has 0 fully saturated rings. The monoisotopic (exact) mass is 284 g/mol. The first-order valence-electron chi connectivity index (χ1n) is 6.32. The summed E-state index contributed by atoms with van der Waals surface area (Å²) in [5.41, 5.74) is 1.60. The second kappa shape index (κ2) is 5.69. The summed E-state index contributed by atoms with van der Waals surface area (Å²) in [6, 6.07) is 8.90. The molecule has 21 heavy (non-hydrogen) atoms. The minimum atomic E-state index is -0.176. The van der Waals surface area contributed by atoms with E-state index in [1.165, 1.54) is 0 Å². The predicted molar refractivity (Wildman–Crippen MR) is 71.8 cm³/mol. The Balaban J connectivity index is 1.84. The van der Waals surface area contributed by atoms with Gasteiger partial charge in [0.2, 0.25) is 6.79 Å². The molecule has 0 atom stereocenters. The fourth-order valence-electron chi connectivity index (χ4n) is 2.03. The van der Waals surface area contributed by atoms with Crippen molar-refractivity contribution in [3.8, 4) is 23.3 Å². The Labute approximate surface area is 121 Å². The van der Waals surface area contributed by atoms with Gasteiger partial charge in [0.05, 0.1) is 6.61 Å². The molecule has 1 N–H and O–H groups in total. The lowest BCUT2D eigenvalue weighted by molar-refractivity contribution is 0.173. The maximum Gasteiger partial charge on any atom is 0.231 e. The van der Waals surface area contributed by atoms with Crippen molar-refractivity contribution in [2.24, 2.45) is 0 Å². The third-order valence-electron chi connectivity index (χ3n) is 3.11. The van der Waals surface area contributed by atoms with Crippen LogP contribution in [0.1, 0.15) is 16.8 Å². The third-order valence-corrected chi connectivity index (χ3v) is 3.11. The van der Waals surface area contributed by atoms with Crippen LogP contribution < -0.4 is 14.2 Å². The van der Waals surface area contributed by atoms with Gasteiger partial charge in [-0.1, -0.05) is 6.07 Å². The summed E-state index contributed by atoms with van der Waals surface area (Å²) in [5, 5.41) is 18.4. The molecule has 3 rings (SSSR count). The number of aromatic nitrogens is 1. The molecular weight excluding hydrogens is 272 g/mol. The molecule has 0 saturated heterocycles. The predicted octanol–water partition coefficient (Wildman–Crippen LogP) is 1.75. The van der Waals surface area contributed by atoms with E-state index in [1.54, 1.807) is 30.5 Å². The number of aliphatic hydroxyl groups excluding tert-OH is 1. The maximum atomic E-state index is 9.41. The Hall–Kier alpha value is -2.78. The van der Waals surface area contributed by atoms with E-state index < -0.39 is 0 Å². The molecule has 1 aliphatic heterocycles. The van der Waals surface area contributed by atoms with Gasteiger partial charge in [-0.3, -0.25) is 0 Å². The minimum absolute atomic E-state index is 0.158. The van der Waals surface area contributed by atoms with Crippen molar-refractivity contribution in [3.63, 3.8) is 0 Å². The number of hydrogen-bond acceptors (Lipinski definition) is 6. The molecule has 0 aliphatic carbocycles. The number of nitriles is 1. The molecule has 6 heteroatoms. The average molecular weight is 284 g/mol. The largest absolute Gasteiger partial charge is 0.488 e. The lowest BCUT2D eigenvalue weighted by Gasteiger charge is -2.11. The summed E-state index contributed by atoms with van der Waals surface area (Å²) in [6.45, 7) is 0.165. The highest BCUT2D eigenvalue weighted by molar-refractivity contribution is 5.51. The summed E-state index contributed by atoms with van der Waals surface area (Å²) in [6.07, 6.45) is 1.56. The average Bonchev–Trinajstić information content (AvgIpc) is 2.99. The molecule has 0 unspecified atom stereocenters. The molecule has 1 aliphatic rings. The Bertz CT molecular complexity index is 709. The molecule has 0 amide bonds. The van der Waals surface area contributed by atoms with Gasteiger partial charge in [-0.2, -0.15) is 5.26 Å². The van der Waals surface area contributed by atoms with Crippen LogP contribution in [-0.2, 0) is 13.2 Å². The second-order valence-electron chi connectivity index (χ2n) is 4.38. The number of benzene rings is 1.